The summed E-state index contributed by atoms with van der Waals surface area (Å²) in [6.45, 7) is 3.73. The van der Waals surface area contributed by atoms with Gasteiger partial charge in [0.1, 0.15) is 5.75 Å². The third-order valence-electron chi connectivity index (χ3n) is 6.25. The minimum absolute atomic E-state index is 0.332. The molecule has 1 aliphatic rings. The first-order valence-electron chi connectivity index (χ1n) is 10.9. The molecule has 172 valence electrons. The second-order valence-electron chi connectivity index (χ2n) is 8.27. The van der Waals surface area contributed by atoms with Crippen LogP contribution in [0.1, 0.15) is 41.1 Å². The van der Waals surface area contributed by atoms with Crippen LogP contribution in [0, 0.1) is 13.8 Å². The number of aliphatic carboxylic acids is 1. The molecule has 0 saturated heterocycles. The van der Waals surface area contributed by atoms with Crippen LogP contribution < -0.4 is 9.04 Å². The molecule has 0 radical (unpaired) electrons. The summed E-state index contributed by atoms with van der Waals surface area (Å²) < 4.78 is 30.0. The van der Waals surface area contributed by atoms with Crippen LogP contribution in [0.5, 0.6) is 5.75 Å². The molecule has 0 fully saturated rings. The molecule has 0 spiro atoms. The maximum Gasteiger partial charge on any atom is 0.341 e. The fraction of sp³-hybridized carbons (Fsp3) is 0.269. The van der Waals surface area contributed by atoms with E-state index in [9.17, 15) is 13.6 Å². The number of carbonyl (C=O) groups is 1. The Morgan fingerprint density at radius 1 is 1.12 bits per heavy atom. The number of hydrogen-bond acceptors (Lipinski definition) is 3. The summed E-state index contributed by atoms with van der Waals surface area (Å²) in [6, 6.07) is 19.0. The first-order chi connectivity index (χ1) is 15.9. The Bertz CT molecular complexity index is 1210. The van der Waals surface area contributed by atoms with Crippen molar-refractivity contribution in [2.24, 2.45) is 0 Å². The Hall–Kier alpha value is -3.16. The van der Waals surface area contributed by atoms with E-state index in [-0.39, 0.29) is 6.04 Å². The molecule has 0 saturated carbocycles. The van der Waals surface area contributed by atoms with E-state index < -0.39 is 23.8 Å². The summed E-state index contributed by atoms with van der Waals surface area (Å²) in [5.41, 5.74) is 6.89. The minimum atomic E-state index is -2.25. The molecule has 4 rings (SSSR count). The smallest absolute Gasteiger partial charge is 0.341 e. The standard InChI is InChI=1S/C26H27NO5S/c1-17-7-3-10-21(18(17)2)19-8-4-9-20(15-19)27(33(30)31)24-13-5-12-23-22(24)11-6-14-25(23)32-16-26(28)29/h3-4,6-11,14-15,24H,5,12-13,16H2,1-2H3,(H,28,29)(H,30,31). The number of carboxylic acids is 1. The molecule has 33 heavy (non-hydrogen) atoms. The van der Waals surface area contributed by atoms with Crippen LogP contribution in [0.4, 0.5) is 5.69 Å². The van der Waals surface area contributed by atoms with Gasteiger partial charge in [-0.1, -0.05) is 42.5 Å². The third-order valence-corrected chi connectivity index (χ3v) is 7.05. The molecule has 2 unspecified atom stereocenters. The van der Waals surface area contributed by atoms with Crippen LogP contribution in [0.25, 0.3) is 11.1 Å². The van der Waals surface area contributed by atoms with Crippen molar-refractivity contribution in [2.45, 2.75) is 39.2 Å². The number of carboxylic acid groups (broad SMARTS) is 1. The molecule has 0 aromatic heterocycles. The van der Waals surface area contributed by atoms with E-state index in [4.69, 9.17) is 9.84 Å². The van der Waals surface area contributed by atoms with Crippen LogP contribution in [-0.2, 0) is 22.5 Å². The van der Waals surface area contributed by atoms with Crippen LogP contribution >= 0.6 is 0 Å². The summed E-state index contributed by atoms with van der Waals surface area (Å²) in [4.78, 5) is 11.0. The molecular weight excluding hydrogens is 438 g/mol. The SMILES string of the molecule is Cc1cccc(-c2cccc(N(C3CCCc4c(OCC(=O)O)cccc43)S(=O)O)c2)c1C. The van der Waals surface area contributed by atoms with Crippen LogP contribution in [-0.4, -0.2) is 26.4 Å². The summed E-state index contributed by atoms with van der Waals surface area (Å²) in [6.07, 6.45) is 2.24. The second-order valence-corrected chi connectivity index (χ2v) is 9.12. The summed E-state index contributed by atoms with van der Waals surface area (Å²) in [5.74, 6) is -0.520. The highest BCUT2D eigenvalue weighted by Crippen LogP contribution is 2.42. The number of aryl methyl sites for hydroxylation is 1. The van der Waals surface area contributed by atoms with E-state index in [1.165, 1.54) is 15.4 Å². The van der Waals surface area contributed by atoms with E-state index in [0.717, 1.165) is 35.1 Å². The molecule has 0 amide bonds. The van der Waals surface area contributed by atoms with Crippen molar-refractivity contribution in [3.8, 4) is 16.9 Å². The first kappa shape index (κ1) is 23.0. The van der Waals surface area contributed by atoms with Crippen molar-refractivity contribution >= 4 is 22.9 Å². The number of fused-ring (bicyclic) bond motifs is 1. The van der Waals surface area contributed by atoms with E-state index >= 15 is 0 Å². The lowest BCUT2D eigenvalue weighted by atomic mass is 9.86. The van der Waals surface area contributed by atoms with Crippen molar-refractivity contribution in [1.29, 1.82) is 0 Å². The average Bonchev–Trinajstić information content (AvgIpc) is 2.80. The molecule has 2 atom stereocenters. The van der Waals surface area contributed by atoms with Crippen molar-refractivity contribution in [1.82, 2.24) is 0 Å². The predicted octanol–water partition coefficient (Wildman–Crippen LogP) is 5.45. The minimum Gasteiger partial charge on any atom is -0.482 e. The number of ether oxygens (including phenoxy) is 1. The highest BCUT2D eigenvalue weighted by molar-refractivity contribution is 7.80. The van der Waals surface area contributed by atoms with Crippen molar-refractivity contribution in [3.63, 3.8) is 0 Å². The van der Waals surface area contributed by atoms with Gasteiger partial charge in [0.25, 0.3) is 11.3 Å². The number of nitrogens with zero attached hydrogens (tertiary/aromatic N) is 1. The Morgan fingerprint density at radius 3 is 2.64 bits per heavy atom. The molecule has 0 bridgehead atoms. The fourth-order valence-corrected chi connectivity index (χ4v) is 5.29. The maximum absolute atomic E-state index is 12.6. The number of benzene rings is 3. The van der Waals surface area contributed by atoms with Crippen molar-refractivity contribution in [2.75, 3.05) is 10.9 Å². The van der Waals surface area contributed by atoms with Crippen molar-refractivity contribution in [3.05, 3.63) is 82.9 Å². The lowest BCUT2D eigenvalue weighted by Gasteiger charge is -2.35. The van der Waals surface area contributed by atoms with E-state index in [1.54, 1.807) is 12.1 Å². The van der Waals surface area contributed by atoms with Crippen molar-refractivity contribution < 1.29 is 23.4 Å². The summed E-state index contributed by atoms with van der Waals surface area (Å²) >= 11 is -2.25. The van der Waals surface area contributed by atoms with Gasteiger partial charge in [0, 0.05) is 0 Å². The largest absolute Gasteiger partial charge is 0.482 e. The van der Waals surface area contributed by atoms with Gasteiger partial charge < -0.3 is 9.84 Å². The van der Waals surface area contributed by atoms with E-state index in [1.807, 2.05) is 36.4 Å². The Labute approximate surface area is 196 Å². The topological polar surface area (TPSA) is 87.1 Å². The fourth-order valence-electron chi connectivity index (χ4n) is 4.56. The lowest BCUT2D eigenvalue weighted by Crippen LogP contribution is -2.33. The van der Waals surface area contributed by atoms with Gasteiger partial charge in [-0.2, -0.15) is 0 Å². The Balaban J connectivity index is 1.75. The van der Waals surface area contributed by atoms with E-state index in [2.05, 4.69) is 26.0 Å². The third kappa shape index (κ3) is 4.79. The summed E-state index contributed by atoms with van der Waals surface area (Å²) in [5, 5.41) is 8.99. The van der Waals surface area contributed by atoms with Gasteiger partial charge in [0.2, 0.25) is 0 Å². The zero-order valence-electron chi connectivity index (χ0n) is 18.7. The van der Waals surface area contributed by atoms with E-state index in [0.29, 0.717) is 17.9 Å². The molecule has 6 nitrogen and oxygen atoms in total. The second kappa shape index (κ2) is 9.77. The van der Waals surface area contributed by atoms with Gasteiger partial charge in [-0.05, 0) is 84.7 Å². The monoisotopic (exact) mass is 465 g/mol. The van der Waals surface area contributed by atoms with Gasteiger partial charge >= 0.3 is 5.97 Å². The predicted molar refractivity (Wildman–Crippen MR) is 130 cm³/mol. The number of hydrogen-bond donors (Lipinski definition) is 2. The van der Waals surface area contributed by atoms with Gasteiger partial charge in [-0.3, -0.25) is 8.86 Å². The normalized spacial score (nSPS) is 16.0. The molecule has 2 N–H and O–H groups in total. The molecule has 0 aliphatic heterocycles. The number of rotatable bonds is 7. The van der Waals surface area contributed by atoms with Gasteiger partial charge in [0.15, 0.2) is 6.61 Å². The van der Waals surface area contributed by atoms with Gasteiger partial charge in [-0.15, -0.1) is 0 Å². The first-order valence-corrected chi connectivity index (χ1v) is 12.0. The molecule has 7 heteroatoms. The number of anilines is 1. The quantitative estimate of drug-likeness (QED) is 0.453. The average molecular weight is 466 g/mol. The summed E-state index contributed by atoms with van der Waals surface area (Å²) in [7, 11) is 0. The Morgan fingerprint density at radius 2 is 1.88 bits per heavy atom. The molecule has 3 aromatic rings. The zero-order valence-corrected chi connectivity index (χ0v) is 19.5. The van der Waals surface area contributed by atoms with Crippen LogP contribution in [0.2, 0.25) is 0 Å². The Kier molecular flexibility index (Phi) is 6.81. The zero-order chi connectivity index (χ0) is 23.5. The molecule has 1 aliphatic carbocycles. The van der Waals surface area contributed by atoms with Crippen LogP contribution in [0.15, 0.2) is 60.7 Å². The molecule has 0 heterocycles. The highest BCUT2D eigenvalue weighted by atomic mass is 32.2. The maximum atomic E-state index is 12.6. The van der Waals surface area contributed by atoms with Crippen LogP contribution in [0.3, 0.4) is 0 Å². The van der Waals surface area contributed by atoms with Gasteiger partial charge in [0.05, 0.1) is 11.7 Å². The van der Waals surface area contributed by atoms with Gasteiger partial charge in [-0.25, -0.2) is 9.00 Å². The molecule has 3 aromatic carbocycles. The lowest BCUT2D eigenvalue weighted by molar-refractivity contribution is -0.139. The highest BCUT2D eigenvalue weighted by Gasteiger charge is 2.31. The molecular formula is C26H27NO5S.